The maximum atomic E-state index is 11.0. The van der Waals surface area contributed by atoms with Crippen molar-refractivity contribution in [3.8, 4) is 5.75 Å². The molecular weight excluding hydrogens is 362 g/mol. The molecule has 0 unspecified atom stereocenters. The van der Waals surface area contributed by atoms with E-state index in [4.69, 9.17) is 16.3 Å². The van der Waals surface area contributed by atoms with Crippen LogP contribution in [0.1, 0.15) is 5.56 Å². The van der Waals surface area contributed by atoms with Gasteiger partial charge >= 0.3 is 5.69 Å². The molecular formula is C13H11BrClN3O3. The van der Waals surface area contributed by atoms with E-state index >= 15 is 0 Å². The molecule has 6 nitrogen and oxygen atoms in total. The number of benzene rings is 1. The van der Waals surface area contributed by atoms with Crippen LogP contribution in [0.2, 0.25) is 5.02 Å². The second-order valence-corrected chi connectivity index (χ2v) is 5.31. The summed E-state index contributed by atoms with van der Waals surface area (Å²) < 4.78 is 5.74. The van der Waals surface area contributed by atoms with E-state index < -0.39 is 4.92 Å². The molecule has 0 spiro atoms. The van der Waals surface area contributed by atoms with Gasteiger partial charge in [-0.15, -0.1) is 0 Å². The number of methoxy groups -OCH3 is 1. The smallest absolute Gasteiger partial charge is 0.311 e. The second-order valence-electron chi connectivity index (χ2n) is 4.05. The van der Waals surface area contributed by atoms with E-state index in [1.54, 1.807) is 25.3 Å². The molecule has 0 aliphatic heterocycles. The van der Waals surface area contributed by atoms with Gasteiger partial charge in [0.2, 0.25) is 0 Å². The summed E-state index contributed by atoms with van der Waals surface area (Å²) in [5.74, 6) is 0.614. The standard InChI is InChI=1S/C13H11BrClN3O3/c1-21-12-4-2-3-10(15)8(12)5-17-13-9(14)6-16-7-11(13)18(19)20/h2-4,6-7H,5H2,1H3,(H,16,17). The van der Waals surface area contributed by atoms with Crippen molar-refractivity contribution in [2.75, 3.05) is 12.4 Å². The minimum absolute atomic E-state index is 0.115. The molecule has 2 aromatic rings. The third-order valence-electron chi connectivity index (χ3n) is 2.81. The number of nitro groups is 1. The Morgan fingerprint density at radius 2 is 2.24 bits per heavy atom. The lowest BCUT2D eigenvalue weighted by atomic mass is 10.2. The summed E-state index contributed by atoms with van der Waals surface area (Å²) in [7, 11) is 1.54. The lowest BCUT2D eigenvalue weighted by molar-refractivity contribution is -0.384. The fraction of sp³-hybridized carbons (Fsp3) is 0.154. The predicted octanol–water partition coefficient (Wildman–Crippen LogP) is 4.03. The van der Waals surface area contributed by atoms with Crippen LogP contribution in [0, 0.1) is 10.1 Å². The van der Waals surface area contributed by atoms with E-state index in [9.17, 15) is 10.1 Å². The number of rotatable bonds is 5. The molecule has 0 saturated carbocycles. The third-order valence-corrected chi connectivity index (χ3v) is 3.77. The van der Waals surface area contributed by atoms with Gasteiger partial charge in [0.15, 0.2) is 0 Å². The predicted molar refractivity (Wildman–Crippen MR) is 83.9 cm³/mol. The van der Waals surface area contributed by atoms with E-state index in [0.717, 1.165) is 5.56 Å². The largest absolute Gasteiger partial charge is 0.496 e. The van der Waals surface area contributed by atoms with Crippen molar-refractivity contribution in [2.45, 2.75) is 6.54 Å². The van der Waals surface area contributed by atoms with Crippen molar-refractivity contribution in [1.82, 2.24) is 4.98 Å². The highest BCUT2D eigenvalue weighted by Gasteiger charge is 2.18. The van der Waals surface area contributed by atoms with Crippen LogP contribution < -0.4 is 10.1 Å². The van der Waals surface area contributed by atoms with Crippen molar-refractivity contribution < 1.29 is 9.66 Å². The van der Waals surface area contributed by atoms with Crippen LogP contribution in [0.25, 0.3) is 0 Å². The molecule has 0 aliphatic carbocycles. The highest BCUT2D eigenvalue weighted by Crippen LogP contribution is 2.33. The summed E-state index contributed by atoms with van der Waals surface area (Å²) in [4.78, 5) is 14.3. The molecule has 2 rings (SSSR count). The van der Waals surface area contributed by atoms with Crippen molar-refractivity contribution in [3.05, 3.63) is 55.8 Å². The number of nitrogens with zero attached hydrogens (tertiary/aromatic N) is 2. The fourth-order valence-corrected chi connectivity index (χ4v) is 2.51. The lowest BCUT2D eigenvalue weighted by Gasteiger charge is -2.13. The minimum Gasteiger partial charge on any atom is -0.496 e. The first-order valence-corrected chi connectivity index (χ1v) is 7.04. The van der Waals surface area contributed by atoms with Gasteiger partial charge in [-0.1, -0.05) is 17.7 Å². The normalized spacial score (nSPS) is 10.2. The van der Waals surface area contributed by atoms with Gasteiger partial charge < -0.3 is 10.1 Å². The van der Waals surface area contributed by atoms with Gasteiger partial charge in [0.1, 0.15) is 17.6 Å². The van der Waals surface area contributed by atoms with Gasteiger partial charge in [0.05, 0.1) is 16.5 Å². The third kappa shape index (κ3) is 3.43. The maximum absolute atomic E-state index is 11.0. The first kappa shape index (κ1) is 15.5. The highest BCUT2D eigenvalue weighted by molar-refractivity contribution is 9.10. The number of hydrogen-bond acceptors (Lipinski definition) is 5. The van der Waals surface area contributed by atoms with Gasteiger partial charge in [-0.25, -0.2) is 0 Å². The number of anilines is 1. The summed E-state index contributed by atoms with van der Waals surface area (Å²) in [6.07, 6.45) is 2.68. The van der Waals surface area contributed by atoms with Crippen LogP contribution in [0.4, 0.5) is 11.4 Å². The molecule has 21 heavy (non-hydrogen) atoms. The van der Waals surface area contributed by atoms with Gasteiger partial charge in [-0.2, -0.15) is 0 Å². The Labute approximate surface area is 134 Å². The van der Waals surface area contributed by atoms with Gasteiger partial charge in [-0.05, 0) is 28.1 Å². The van der Waals surface area contributed by atoms with Crippen molar-refractivity contribution in [1.29, 1.82) is 0 Å². The number of nitrogens with one attached hydrogen (secondary N) is 1. The van der Waals surface area contributed by atoms with E-state index in [-0.39, 0.29) is 12.2 Å². The number of halogens is 2. The average Bonchev–Trinajstić information content (AvgIpc) is 2.46. The van der Waals surface area contributed by atoms with Gasteiger partial charge in [0, 0.05) is 23.3 Å². The molecule has 1 N–H and O–H groups in total. The van der Waals surface area contributed by atoms with Crippen molar-refractivity contribution in [3.63, 3.8) is 0 Å². The Morgan fingerprint density at radius 1 is 1.48 bits per heavy atom. The van der Waals surface area contributed by atoms with E-state index in [2.05, 4.69) is 26.2 Å². The highest BCUT2D eigenvalue weighted by atomic mass is 79.9. The maximum Gasteiger partial charge on any atom is 0.311 e. The van der Waals surface area contributed by atoms with Crippen LogP contribution in [0.5, 0.6) is 5.75 Å². The molecule has 110 valence electrons. The number of aromatic nitrogens is 1. The molecule has 0 amide bonds. The Hall–Kier alpha value is -1.86. The van der Waals surface area contributed by atoms with Crippen LogP contribution in [-0.2, 0) is 6.54 Å². The Balaban J connectivity index is 2.31. The average molecular weight is 373 g/mol. The molecule has 0 atom stereocenters. The number of pyridine rings is 1. The quantitative estimate of drug-likeness (QED) is 0.633. The number of hydrogen-bond donors (Lipinski definition) is 1. The molecule has 8 heteroatoms. The van der Waals surface area contributed by atoms with Crippen LogP contribution >= 0.6 is 27.5 Å². The summed E-state index contributed by atoms with van der Waals surface area (Å²) in [6, 6.07) is 5.28. The summed E-state index contributed by atoms with van der Waals surface area (Å²) in [5, 5.41) is 14.6. The van der Waals surface area contributed by atoms with E-state index in [1.165, 1.54) is 12.4 Å². The fourth-order valence-electron chi connectivity index (χ4n) is 1.82. The number of ether oxygens (including phenoxy) is 1. The zero-order chi connectivity index (χ0) is 15.4. The molecule has 0 saturated heterocycles. The first-order chi connectivity index (χ1) is 10.0. The summed E-state index contributed by atoms with van der Waals surface area (Å²) >= 11 is 9.39. The Kier molecular flexibility index (Phi) is 4.98. The zero-order valence-corrected chi connectivity index (χ0v) is 13.3. The van der Waals surface area contributed by atoms with Crippen molar-refractivity contribution >= 4 is 38.9 Å². The SMILES string of the molecule is COc1cccc(Cl)c1CNc1c(Br)cncc1[N+](=O)[O-]. The zero-order valence-electron chi connectivity index (χ0n) is 11.0. The minimum atomic E-state index is -0.496. The molecule has 1 aromatic heterocycles. The topological polar surface area (TPSA) is 77.3 Å². The molecule has 1 aromatic carbocycles. The summed E-state index contributed by atoms with van der Waals surface area (Å²) in [5.41, 5.74) is 0.951. The molecule has 0 radical (unpaired) electrons. The lowest BCUT2D eigenvalue weighted by Crippen LogP contribution is -2.06. The van der Waals surface area contributed by atoms with E-state index in [0.29, 0.717) is 20.9 Å². The molecule has 1 heterocycles. The van der Waals surface area contributed by atoms with Gasteiger partial charge in [0.25, 0.3) is 0 Å². The molecule has 0 bridgehead atoms. The van der Waals surface area contributed by atoms with E-state index in [1.807, 2.05) is 0 Å². The first-order valence-electron chi connectivity index (χ1n) is 5.87. The Bertz CT molecular complexity index is 682. The summed E-state index contributed by atoms with van der Waals surface area (Å²) in [6.45, 7) is 0.284. The van der Waals surface area contributed by atoms with Gasteiger partial charge in [-0.3, -0.25) is 15.1 Å². The van der Waals surface area contributed by atoms with Crippen LogP contribution in [-0.4, -0.2) is 17.0 Å². The molecule has 0 fully saturated rings. The molecule has 0 aliphatic rings. The van der Waals surface area contributed by atoms with Crippen LogP contribution in [0.3, 0.4) is 0 Å². The van der Waals surface area contributed by atoms with Crippen molar-refractivity contribution in [2.24, 2.45) is 0 Å². The Morgan fingerprint density at radius 3 is 2.90 bits per heavy atom. The second kappa shape index (κ2) is 6.73. The van der Waals surface area contributed by atoms with Crippen LogP contribution in [0.15, 0.2) is 35.1 Å². The monoisotopic (exact) mass is 371 g/mol.